The zero-order valence-corrected chi connectivity index (χ0v) is 10.7. The highest BCUT2D eigenvalue weighted by Crippen LogP contribution is 2.19. The van der Waals surface area contributed by atoms with Crippen LogP contribution in [-0.4, -0.2) is 9.91 Å². The third-order valence-electron chi connectivity index (χ3n) is 2.45. The molecule has 0 aliphatic carbocycles. The van der Waals surface area contributed by atoms with Gasteiger partial charge in [0.1, 0.15) is 5.01 Å². The molecule has 0 bridgehead atoms. The Morgan fingerprint density at radius 3 is 3.00 bits per heavy atom. The quantitative estimate of drug-likeness (QED) is 0.664. The van der Waals surface area contributed by atoms with Crippen molar-refractivity contribution < 1.29 is 4.92 Å². The number of nitrogens with one attached hydrogen (secondary N) is 1. The number of nitrogens with zero attached hydrogens (tertiary/aromatic N) is 2. The number of thiazole rings is 1. The fraction of sp³-hybridized carbons (Fsp3) is 0.250. The van der Waals surface area contributed by atoms with Crippen molar-refractivity contribution in [2.24, 2.45) is 0 Å². The van der Waals surface area contributed by atoms with Gasteiger partial charge in [-0.2, -0.15) is 0 Å². The van der Waals surface area contributed by atoms with Gasteiger partial charge in [-0.3, -0.25) is 10.1 Å². The number of benzene rings is 1. The monoisotopic (exact) mass is 263 g/mol. The minimum atomic E-state index is -0.399. The fourth-order valence-electron chi connectivity index (χ4n) is 1.50. The van der Waals surface area contributed by atoms with Gasteiger partial charge in [-0.25, -0.2) is 4.98 Å². The van der Waals surface area contributed by atoms with Crippen molar-refractivity contribution in [1.29, 1.82) is 0 Å². The molecule has 5 nitrogen and oxygen atoms in total. The van der Waals surface area contributed by atoms with Crippen LogP contribution in [0.4, 0.5) is 11.4 Å². The second kappa shape index (κ2) is 5.59. The average molecular weight is 263 g/mol. The van der Waals surface area contributed by atoms with Gasteiger partial charge < -0.3 is 5.32 Å². The zero-order chi connectivity index (χ0) is 13.0. The molecular formula is C12H13N3O2S. The topological polar surface area (TPSA) is 68.1 Å². The molecule has 1 aromatic heterocycles. The summed E-state index contributed by atoms with van der Waals surface area (Å²) in [5.41, 5.74) is 0.825. The Balaban J connectivity index is 2.01. The van der Waals surface area contributed by atoms with E-state index < -0.39 is 4.92 Å². The van der Waals surface area contributed by atoms with E-state index in [4.69, 9.17) is 0 Å². The van der Waals surface area contributed by atoms with Crippen LogP contribution < -0.4 is 5.32 Å². The first-order valence-electron chi connectivity index (χ1n) is 5.61. The minimum absolute atomic E-state index is 0.0911. The van der Waals surface area contributed by atoms with Crippen molar-refractivity contribution in [3.8, 4) is 0 Å². The maximum atomic E-state index is 10.6. The van der Waals surface area contributed by atoms with Crippen molar-refractivity contribution in [1.82, 2.24) is 4.98 Å². The molecule has 2 aromatic rings. The van der Waals surface area contributed by atoms with Gasteiger partial charge in [0.25, 0.3) is 5.69 Å². The van der Waals surface area contributed by atoms with Crippen LogP contribution in [0.3, 0.4) is 0 Å². The van der Waals surface area contributed by atoms with Gasteiger partial charge in [0.2, 0.25) is 0 Å². The third kappa shape index (κ3) is 3.04. The molecule has 2 rings (SSSR count). The molecule has 94 valence electrons. The van der Waals surface area contributed by atoms with Crippen molar-refractivity contribution in [2.45, 2.75) is 19.9 Å². The SMILES string of the molecule is CCc1cnc(CNc2cccc([N+](=O)[O-])c2)s1. The van der Waals surface area contributed by atoms with E-state index in [9.17, 15) is 10.1 Å². The van der Waals surface area contributed by atoms with Crippen LogP contribution in [0.2, 0.25) is 0 Å². The Hall–Kier alpha value is -1.95. The number of hydrogen-bond donors (Lipinski definition) is 1. The Kier molecular flexibility index (Phi) is 3.88. The van der Waals surface area contributed by atoms with Gasteiger partial charge in [0.15, 0.2) is 0 Å². The predicted molar refractivity (Wildman–Crippen MR) is 71.9 cm³/mol. The summed E-state index contributed by atoms with van der Waals surface area (Å²) in [4.78, 5) is 15.8. The molecular weight excluding hydrogens is 250 g/mol. The summed E-state index contributed by atoms with van der Waals surface area (Å²) in [6.07, 6.45) is 2.85. The van der Waals surface area contributed by atoms with Crippen LogP contribution in [0.25, 0.3) is 0 Å². The highest BCUT2D eigenvalue weighted by Gasteiger charge is 2.06. The van der Waals surface area contributed by atoms with E-state index in [0.29, 0.717) is 6.54 Å². The average Bonchev–Trinajstić information content (AvgIpc) is 2.84. The lowest BCUT2D eigenvalue weighted by molar-refractivity contribution is -0.384. The molecule has 0 radical (unpaired) electrons. The highest BCUT2D eigenvalue weighted by atomic mass is 32.1. The van der Waals surface area contributed by atoms with E-state index >= 15 is 0 Å². The molecule has 0 saturated carbocycles. The first kappa shape index (κ1) is 12.5. The number of rotatable bonds is 5. The minimum Gasteiger partial charge on any atom is -0.378 e. The van der Waals surface area contributed by atoms with E-state index in [-0.39, 0.29) is 5.69 Å². The van der Waals surface area contributed by atoms with Gasteiger partial charge in [0, 0.05) is 28.9 Å². The molecule has 0 amide bonds. The summed E-state index contributed by atoms with van der Waals surface area (Å²) < 4.78 is 0. The lowest BCUT2D eigenvalue weighted by atomic mass is 10.3. The van der Waals surface area contributed by atoms with Crippen molar-refractivity contribution in [2.75, 3.05) is 5.32 Å². The van der Waals surface area contributed by atoms with Crippen molar-refractivity contribution >= 4 is 22.7 Å². The molecule has 0 saturated heterocycles. The molecule has 1 heterocycles. The van der Waals surface area contributed by atoms with Crippen LogP contribution in [0.1, 0.15) is 16.8 Å². The van der Waals surface area contributed by atoms with Gasteiger partial charge in [0.05, 0.1) is 11.5 Å². The number of non-ortho nitro benzene ring substituents is 1. The van der Waals surface area contributed by atoms with E-state index in [1.165, 1.54) is 17.0 Å². The van der Waals surface area contributed by atoms with E-state index in [2.05, 4.69) is 17.2 Å². The summed E-state index contributed by atoms with van der Waals surface area (Å²) in [5.74, 6) is 0. The van der Waals surface area contributed by atoms with Gasteiger partial charge in [-0.1, -0.05) is 13.0 Å². The molecule has 1 aromatic carbocycles. The zero-order valence-electron chi connectivity index (χ0n) is 9.92. The summed E-state index contributed by atoms with van der Waals surface area (Å²) in [6.45, 7) is 2.68. The highest BCUT2D eigenvalue weighted by molar-refractivity contribution is 7.11. The summed E-state index contributed by atoms with van der Waals surface area (Å²) in [7, 11) is 0. The maximum absolute atomic E-state index is 10.6. The molecule has 0 spiro atoms. The molecule has 18 heavy (non-hydrogen) atoms. The van der Waals surface area contributed by atoms with Crippen LogP contribution in [0.5, 0.6) is 0 Å². The lowest BCUT2D eigenvalue weighted by Gasteiger charge is -2.03. The van der Waals surface area contributed by atoms with E-state index in [0.717, 1.165) is 17.1 Å². The number of nitro groups is 1. The predicted octanol–water partition coefficient (Wildman–Crippen LogP) is 3.23. The lowest BCUT2D eigenvalue weighted by Crippen LogP contribution is -1.99. The molecule has 1 N–H and O–H groups in total. The van der Waals surface area contributed by atoms with Gasteiger partial charge in [-0.15, -0.1) is 11.3 Å². The number of nitro benzene ring substituents is 1. The molecule has 0 fully saturated rings. The second-order valence-corrected chi connectivity index (χ2v) is 4.93. The summed E-state index contributed by atoms with van der Waals surface area (Å²) in [5, 5.41) is 14.8. The van der Waals surface area contributed by atoms with Gasteiger partial charge >= 0.3 is 0 Å². The third-order valence-corrected chi connectivity index (χ3v) is 3.59. The Bertz CT molecular complexity index is 554. The van der Waals surface area contributed by atoms with Crippen molar-refractivity contribution in [3.05, 3.63) is 50.5 Å². The van der Waals surface area contributed by atoms with Crippen molar-refractivity contribution in [3.63, 3.8) is 0 Å². The molecule has 0 aliphatic heterocycles. The maximum Gasteiger partial charge on any atom is 0.271 e. The second-order valence-electron chi connectivity index (χ2n) is 3.73. The van der Waals surface area contributed by atoms with Crippen LogP contribution >= 0.6 is 11.3 Å². The van der Waals surface area contributed by atoms with E-state index in [1.54, 1.807) is 23.5 Å². The Labute approximate surface area is 109 Å². The number of hydrogen-bond acceptors (Lipinski definition) is 5. The molecule has 0 unspecified atom stereocenters. The number of aromatic nitrogens is 1. The summed E-state index contributed by atoms with van der Waals surface area (Å²) >= 11 is 1.66. The molecule has 6 heteroatoms. The van der Waals surface area contributed by atoms with Crippen LogP contribution in [-0.2, 0) is 13.0 Å². The number of aryl methyl sites for hydroxylation is 1. The van der Waals surface area contributed by atoms with Gasteiger partial charge in [-0.05, 0) is 12.5 Å². The van der Waals surface area contributed by atoms with E-state index in [1.807, 2.05) is 6.20 Å². The first-order valence-corrected chi connectivity index (χ1v) is 6.42. The van der Waals surface area contributed by atoms with Crippen LogP contribution in [0, 0.1) is 10.1 Å². The normalized spacial score (nSPS) is 10.3. The molecule has 0 aliphatic rings. The number of anilines is 1. The standard InChI is InChI=1S/C12H13N3O2S/c1-2-11-7-14-12(18-11)8-13-9-4-3-5-10(6-9)15(16)17/h3-7,13H,2,8H2,1H3. The Morgan fingerprint density at radius 2 is 2.33 bits per heavy atom. The Morgan fingerprint density at radius 1 is 1.50 bits per heavy atom. The fourth-order valence-corrected chi connectivity index (χ4v) is 2.30. The largest absolute Gasteiger partial charge is 0.378 e. The molecule has 0 atom stereocenters. The summed E-state index contributed by atoms with van der Waals surface area (Å²) in [6, 6.07) is 6.47. The first-order chi connectivity index (χ1) is 8.69. The smallest absolute Gasteiger partial charge is 0.271 e. The van der Waals surface area contributed by atoms with Crippen LogP contribution in [0.15, 0.2) is 30.5 Å².